The van der Waals surface area contributed by atoms with Gasteiger partial charge in [0.1, 0.15) is 5.57 Å². The van der Waals surface area contributed by atoms with Gasteiger partial charge in [-0.05, 0) is 84.5 Å². The number of nitrogens with zero attached hydrogens (tertiary/aromatic N) is 2. The highest BCUT2D eigenvalue weighted by Crippen LogP contribution is 2.36. The van der Waals surface area contributed by atoms with Gasteiger partial charge in [-0.1, -0.05) is 45.2 Å². The Labute approximate surface area is 222 Å². The molecule has 5 nitrogen and oxygen atoms in total. The first kappa shape index (κ1) is 24.2. The zero-order chi connectivity index (χ0) is 24.0. The van der Waals surface area contributed by atoms with Crippen molar-refractivity contribution in [3.8, 4) is 5.69 Å². The molecule has 1 aromatic heterocycles. The monoisotopic (exact) mass is 625 g/mol. The van der Waals surface area contributed by atoms with Gasteiger partial charge in [-0.3, -0.25) is 19.8 Å². The van der Waals surface area contributed by atoms with E-state index in [1.54, 1.807) is 24.3 Å². The fraction of sp³-hybridized carbons (Fsp3) is 0.0870. The highest BCUT2D eigenvalue weighted by molar-refractivity contribution is 9.10. The average molecular weight is 628 g/mol. The van der Waals surface area contributed by atoms with Gasteiger partial charge in [-0.2, -0.15) is 0 Å². The van der Waals surface area contributed by atoms with Gasteiger partial charge in [0.25, 0.3) is 11.8 Å². The van der Waals surface area contributed by atoms with Crippen LogP contribution in [0.3, 0.4) is 0 Å². The zero-order valence-electron chi connectivity index (χ0n) is 17.2. The van der Waals surface area contributed by atoms with E-state index >= 15 is 0 Å². The van der Waals surface area contributed by atoms with Crippen LogP contribution in [0.25, 0.3) is 11.8 Å². The molecule has 0 aliphatic carbocycles. The molecule has 1 aliphatic heterocycles. The van der Waals surface area contributed by atoms with Gasteiger partial charge in [0.15, 0.2) is 5.11 Å². The molecule has 33 heavy (non-hydrogen) atoms. The van der Waals surface area contributed by atoms with E-state index < -0.39 is 11.8 Å². The first-order valence-electron chi connectivity index (χ1n) is 9.60. The first-order chi connectivity index (χ1) is 15.6. The number of anilines is 1. The third kappa shape index (κ3) is 4.31. The van der Waals surface area contributed by atoms with Crippen molar-refractivity contribution in [3.63, 3.8) is 0 Å². The summed E-state index contributed by atoms with van der Waals surface area (Å²) in [6.45, 7) is 3.88. The molecule has 1 aliphatic rings. The van der Waals surface area contributed by atoms with Crippen LogP contribution in [0.2, 0.25) is 10.0 Å². The molecule has 0 saturated carbocycles. The Hall–Kier alpha value is -1.97. The molecule has 10 heteroatoms. The van der Waals surface area contributed by atoms with Crippen molar-refractivity contribution in [1.82, 2.24) is 9.88 Å². The van der Waals surface area contributed by atoms with E-state index in [2.05, 4.69) is 37.2 Å². The van der Waals surface area contributed by atoms with Crippen LogP contribution in [0.1, 0.15) is 17.0 Å². The van der Waals surface area contributed by atoms with Crippen molar-refractivity contribution in [2.75, 3.05) is 4.90 Å². The van der Waals surface area contributed by atoms with Crippen LogP contribution < -0.4 is 10.2 Å². The van der Waals surface area contributed by atoms with E-state index in [0.717, 1.165) is 26.0 Å². The number of hydrogen-bond donors (Lipinski definition) is 1. The Morgan fingerprint density at radius 3 is 2.33 bits per heavy atom. The van der Waals surface area contributed by atoms with Crippen LogP contribution in [0.4, 0.5) is 5.69 Å². The number of nitrogens with one attached hydrogen (secondary N) is 1. The summed E-state index contributed by atoms with van der Waals surface area (Å²) in [5, 5.41) is 2.95. The van der Waals surface area contributed by atoms with Crippen molar-refractivity contribution in [2.45, 2.75) is 13.8 Å². The Kier molecular flexibility index (Phi) is 6.85. The summed E-state index contributed by atoms with van der Waals surface area (Å²) in [5.41, 5.74) is 3.66. The summed E-state index contributed by atoms with van der Waals surface area (Å²) in [7, 11) is 0. The number of halogens is 4. The molecule has 0 spiro atoms. The third-order valence-corrected chi connectivity index (χ3v) is 7.89. The quantitative estimate of drug-likeness (QED) is 0.198. The summed E-state index contributed by atoms with van der Waals surface area (Å²) >= 11 is 24.8. The minimum atomic E-state index is -0.590. The summed E-state index contributed by atoms with van der Waals surface area (Å²) in [6.07, 6.45) is 1.56. The summed E-state index contributed by atoms with van der Waals surface area (Å²) in [6, 6.07) is 12.7. The average Bonchev–Trinajstić information content (AvgIpc) is 2.97. The third-order valence-electron chi connectivity index (χ3n) is 5.26. The molecule has 1 fully saturated rings. The Morgan fingerprint density at radius 2 is 1.67 bits per heavy atom. The predicted molar refractivity (Wildman–Crippen MR) is 143 cm³/mol. The first-order valence-corrected chi connectivity index (χ1v) is 12.4. The lowest BCUT2D eigenvalue weighted by atomic mass is 10.1. The van der Waals surface area contributed by atoms with Crippen LogP contribution in [0.15, 0.2) is 57.0 Å². The molecule has 1 saturated heterocycles. The number of carbonyl (C=O) groups excluding carboxylic acids is 2. The molecule has 2 heterocycles. The van der Waals surface area contributed by atoms with Crippen LogP contribution in [-0.2, 0) is 9.59 Å². The number of rotatable bonds is 3. The predicted octanol–water partition coefficient (Wildman–Crippen LogP) is 6.76. The van der Waals surface area contributed by atoms with Crippen molar-refractivity contribution >= 4 is 96.0 Å². The molecule has 0 atom stereocenters. The lowest BCUT2D eigenvalue weighted by Crippen LogP contribution is -2.54. The number of amides is 2. The van der Waals surface area contributed by atoms with E-state index in [4.69, 9.17) is 35.4 Å². The normalized spacial score (nSPS) is 15.4. The van der Waals surface area contributed by atoms with Crippen LogP contribution in [0, 0.1) is 13.8 Å². The Morgan fingerprint density at radius 1 is 1.00 bits per heavy atom. The molecule has 0 unspecified atom stereocenters. The molecular weight excluding hydrogens is 613 g/mol. The molecular formula is C23H15Br2Cl2N3O2S. The van der Waals surface area contributed by atoms with Crippen molar-refractivity contribution < 1.29 is 9.59 Å². The summed E-state index contributed by atoms with van der Waals surface area (Å²) in [5.74, 6) is -1.17. The molecule has 4 rings (SSSR count). The maximum Gasteiger partial charge on any atom is 0.270 e. The van der Waals surface area contributed by atoms with Gasteiger partial charge in [0.05, 0.1) is 15.7 Å². The van der Waals surface area contributed by atoms with E-state index in [-0.39, 0.29) is 20.7 Å². The molecule has 168 valence electrons. The number of benzene rings is 2. The second-order valence-electron chi connectivity index (χ2n) is 7.24. The van der Waals surface area contributed by atoms with Crippen molar-refractivity contribution in [1.29, 1.82) is 0 Å². The topological polar surface area (TPSA) is 54.3 Å². The van der Waals surface area contributed by atoms with E-state index in [1.807, 2.05) is 42.7 Å². The van der Waals surface area contributed by atoms with Gasteiger partial charge >= 0.3 is 0 Å². The molecule has 1 N–H and O–H groups in total. The van der Waals surface area contributed by atoms with E-state index in [0.29, 0.717) is 11.3 Å². The largest absolute Gasteiger partial charge is 0.317 e. The molecule has 0 bridgehead atoms. The van der Waals surface area contributed by atoms with Crippen molar-refractivity contribution in [3.05, 3.63) is 84.0 Å². The highest BCUT2D eigenvalue weighted by Gasteiger charge is 2.36. The fourth-order valence-corrected chi connectivity index (χ4v) is 5.15. The maximum atomic E-state index is 13.4. The standard InChI is InChI=1S/C23H15Br2Cl2N3O2S/c1-11-15(19(25)12(2)29(11)14-8-6-13(24)7-9-14)10-16-21(31)28-23(33)30(22(16)32)18-5-3-4-17(26)20(18)27/h3-10H,1-2H3,(H,28,31,33)/b16-10+. The Balaban J connectivity index is 1.83. The number of aromatic nitrogens is 1. The second kappa shape index (κ2) is 9.35. The highest BCUT2D eigenvalue weighted by atomic mass is 79.9. The molecule has 0 radical (unpaired) electrons. The van der Waals surface area contributed by atoms with Gasteiger partial charge in [-0.25, -0.2) is 0 Å². The molecule has 2 amide bonds. The van der Waals surface area contributed by atoms with Gasteiger partial charge in [-0.15, -0.1) is 0 Å². The van der Waals surface area contributed by atoms with E-state index in [1.165, 1.54) is 4.90 Å². The Bertz CT molecular complexity index is 1370. The van der Waals surface area contributed by atoms with Gasteiger partial charge in [0, 0.05) is 31.6 Å². The summed E-state index contributed by atoms with van der Waals surface area (Å²) < 4.78 is 3.79. The van der Waals surface area contributed by atoms with E-state index in [9.17, 15) is 9.59 Å². The smallest absolute Gasteiger partial charge is 0.270 e. The van der Waals surface area contributed by atoms with Crippen molar-refractivity contribution in [2.24, 2.45) is 0 Å². The maximum absolute atomic E-state index is 13.4. The number of carbonyl (C=O) groups is 2. The van der Waals surface area contributed by atoms with Crippen LogP contribution in [0.5, 0.6) is 0 Å². The lowest BCUT2D eigenvalue weighted by molar-refractivity contribution is -0.122. The van der Waals surface area contributed by atoms with Gasteiger partial charge < -0.3 is 4.57 Å². The minimum absolute atomic E-state index is 0.0642. The van der Waals surface area contributed by atoms with Gasteiger partial charge in [0.2, 0.25) is 0 Å². The molecule has 2 aromatic carbocycles. The van der Waals surface area contributed by atoms with Crippen LogP contribution in [-0.4, -0.2) is 21.5 Å². The summed E-state index contributed by atoms with van der Waals surface area (Å²) in [4.78, 5) is 27.4. The lowest BCUT2D eigenvalue weighted by Gasteiger charge is -2.29. The molecule has 3 aromatic rings. The SMILES string of the molecule is Cc1c(Br)c(/C=C2\C(=O)NC(=S)N(c3cccc(Cl)c3Cl)C2=O)c(C)n1-c1ccc(Br)cc1. The second-order valence-corrected chi connectivity index (χ2v) is 10.1. The van der Waals surface area contributed by atoms with Crippen LogP contribution >= 0.6 is 67.3 Å². The number of hydrogen-bond acceptors (Lipinski definition) is 3. The minimum Gasteiger partial charge on any atom is -0.317 e. The number of thiocarbonyl (C=S) groups is 1. The fourth-order valence-electron chi connectivity index (χ4n) is 3.65. The zero-order valence-corrected chi connectivity index (χ0v) is 22.8.